The van der Waals surface area contributed by atoms with Gasteiger partial charge in [-0.3, -0.25) is 13.8 Å². The van der Waals surface area contributed by atoms with Crippen molar-refractivity contribution in [3.8, 4) is 0 Å². The van der Waals surface area contributed by atoms with Gasteiger partial charge in [0.1, 0.15) is 12.7 Å². The number of allylic oxidation sites excluding steroid dienone is 2. The molecule has 3 rings (SSSR count). The summed E-state index contributed by atoms with van der Waals surface area (Å²) in [4.78, 5) is 36.7. The number of carbonyl (C=O) groups is 3. The van der Waals surface area contributed by atoms with Crippen LogP contribution in [-0.4, -0.2) is 50.0 Å². The molecule has 158 valence electrons. The zero-order chi connectivity index (χ0) is 21.5. The van der Waals surface area contributed by atoms with E-state index in [1.807, 2.05) is 6.92 Å². The number of ketones is 1. The molecule has 11 heteroatoms. The van der Waals surface area contributed by atoms with Crippen molar-refractivity contribution in [2.75, 3.05) is 13.2 Å². The van der Waals surface area contributed by atoms with Gasteiger partial charge in [-0.2, -0.15) is 0 Å². The minimum Gasteiger partial charge on any atom is -0.726 e. The molecule has 30 heavy (non-hydrogen) atoms. The third kappa shape index (κ3) is 5.12. The number of rotatable bonds is 6. The van der Waals surface area contributed by atoms with Crippen LogP contribution in [0.5, 0.6) is 0 Å². The van der Waals surface area contributed by atoms with E-state index < -0.39 is 46.9 Å². The molecule has 0 radical (unpaired) electrons. The zero-order valence-corrected chi connectivity index (χ0v) is 19.8. The normalized spacial score (nSPS) is 26.8. The second-order valence-corrected chi connectivity index (χ2v) is 8.55. The predicted octanol–water partition coefficient (Wildman–Crippen LogP) is -2.02. The van der Waals surface area contributed by atoms with E-state index in [9.17, 15) is 27.4 Å². The van der Waals surface area contributed by atoms with E-state index in [2.05, 4.69) is 10.8 Å². The largest absolute Gasteiger partial charge is 1.00 e. The van der Waals surface area contributed by atoms with Gasteiger partial charge < -0.3 is 14.0 Å². The molecule has 0 aromatic rings. The zero-order valence-electron chi connectivity index (χ0n) is 17.0. The van der Waals surface area contributed by atoms with Crippen molar-refractivity contribution in [2.24, 2.45) is 17.8 Å². The first-order valence-corrected chi connectivity index (χ1v) is 10.4. The van der Waals surface area contributed by atoms with Gasteiger partial charge in [-0.05, 0) is 38.3 Å². The molecule has 1 aliphatic heterocycles. The monoisotopic (exact) mass is 448 g/mol. The van der Waals surface area contributed by atoms with Crippen LogP contribution in [-0.2, 0) is 38.4 Å². The third-order valence-electron chi connectivity index (χ3n) is 5.51. The molecule has 0 spiro atoms. The topological polar surface area (TPSA) is 136 Å². The molecule has 1 fully saturated rings. The van der Waals surface area contributed by atoms with Crippen LogP contribution < -0.4 is 29.6 Å². The Morgan fingerprint density at radius 1 is 1.40 bits per heavy atom. The first-order chi connectivity index (χ1) is 13.5. The van der Waals surface area contributed by atoms with Crippen LogP contribution in [0.1, 0.15) is 26.7 Å². The molecule has 9 nitrogen and oxygen atoms in total. The van der Waals surface area contributed by atoms with Crippen molar-refractivity contribution in [3.63, 3.8) is 0 Å². The summed E-state index contributed by atoms with van der Waals surface area (Å²) >= 11 is 0. The summed E-state index contributed by atoms with van der Waals surface area (Å²) in [6, 6.07) is 0. The van der Waals surface area contributed by atoms with Gasteiger partial charge in [0.2, 0.25) is 10.4 Å². The van der Waals surface area contributed by atoms with Crippen LogP contribution in [0.25, 0.3) is 0 Å². The van der Waals surface area contributed by atoms with Crippen molar-refractivity contribution in [1.82, 2.24) is 0 Å². The number of hydrogen-bond acceptors (Lipinski definition) is 9. The SMILES string of the molecule is C=C1C(=O)O[C@@H]2[C@H]3C(COC(=O)C(C)COS(=O)(=O)[O-])=CC(=O)C3=C(C)CC[C@@H]12.[Na+]. The summed E-state index contributed by atoms with van der Waals surface area (Å²) < 4.78 is 46.3. The van der Waals surface area contributed by atoms with Gasteiger partial charge in [0.05, 0.1) is 18.4 Å². The summed E-state index contributed by atoms with van der Waals surface area (Å²) in [5.74, 6) is -3.21. The molecule has 0 aromatic heterocycles. The van der Waals surface area contributed by atoms with Crippen LogP contribution in [0.4, 0.5) is 0 Å². The average molecular weight is 448 g/mol. The van der Waals surface area contributed by atoms with E-state index in [1.54, 1.807) is 0 Å². The second kappa shape index (κ2) is 9.46. The van der Waals surface area contributed by atoms with E-state index in [1.165, 1.54) is 13.0 Å². The van der Waals surface area contributed by atoms with Crippen LogP contribution in [0, 0.1) is 17.8 Å². The molecule has 4 atom stereocenters. The maximum atomic E-state index is 12.6. The minimum atomic E-state index is -4.91. The number of hydrogen-bond donors (Lipinski definition) is 0. The van der Waals surface area contributed by atoms with E-state index >= 15 is 0 Å². The van der Waals surface area contributed by atoms with Crippen molar-refractivity contribution < 1.29 is 70.6 Å². The van der Waals surface area contributed by atoms with E-state index in [4.69, 9.17) is 9.47 Å². The molecule has 0 aromatic carbocycles. The Hall–Kier alpha value is -1.30. The first-order valence-electron chi connectivity index (χ1n) is 9.10. The smallest absolute Gasteiger partial charge is 0.726 e. The molecule has 3 aliphatic rings. The average Bonchev–Trinajstić information content (AvgIpc) is 3.05. The Morgan fingerprint density at radius 3 is 2.70 bits per heavy atom. The Morgan fingerprint density at radius 2 is 2.07 bits per heavy atom. The van der Waals surface area contributed by atoms with Crippen molar-refractivity contribution in [3.05, 3.63) is 34.9 Å². The van der Waals surface area contributed by atoms with Crippen molar-refractivity contribution >= 4 is 28.1 Å². The number of ether oxygens (including phenoxy) is 2. The molecule has 2 aliphatic carbocycles. The summed E-state index contributed by atoms with van der Waals surface area (Å²) in [6.07, 6.45) is 2.08. The van der Waals surface area contributed by atoms with Gasteiger partial charge in [0.25, 0.3) is 0 Å². The number of esters is 2. The predicted molar refractivity (Wildman–Crippen MR) is 96.8 cm³/mol. The van der Waals surface area contributed by atoms with Gasteiger partial charge in [0, 0.05) is 17.1 Å². The van der Waals surface area contributed by atoms with Crippen LogP contribution in [0.3, 0.4) is 0 Å². The van der Waals surface area contributed by atoms with Crippen molar-refractivity contribution in [2.45, 2.75) is 32.8 Å². The molecule has 0 N–H and O–H groups in total. The Balaban J connectivity index is 0.00000320. The van der Waals surface area contributed by atoms with E-state index in [0.717, 1.165) is 5.57 Å². The Labute approximate surface area is 196 Å². The molecule has 1 heterocycles. The fraction of sp³-hybridized carbons (Fsp3) is 0.526. The summed E-state index contributed by atoms with van der Waals surface area (Å²) in [7, 11) is -4.91. The standard InChI is InChI=1S/C19H22O9S.Na/c1-9-4-5-13-11(3)19(22)28-17(13)16-12(6-14(20)15(9)16)8-26-18(21)10(2)7-27-29(23,24)25;/h6,10,13,16-17H,3-5,7-8H2,1-2H3,(H,23,24,25);/q;+1/p-1/t10?,13-,16-,17-;/m0./s1. The van der Waals surface area contributed by atoms with E-state index in [-0.39, 0.29) is 47.9 Å². The van der Waals surface area contributed by atoms with Crippen molar-refractivity contribution in [1.29, 1.82) is 0 Å². The van der Waals surface area contributed by atoms with Gasteiger partial charge in [-0.25, -0.2) is 13.2 Å². The molecule has 0 bridgehead atoms. The quantitative estimate of drug-likeness (QED) is 0.148. The first kappa shape index (κ1) is 25.0. The van der Waals surface area contributed by atoms with Crippen LogP contribution in [0.15, 0.2) is 34.9 Å². The molecule has 0 amide bonds. The van der Waals surface area contributed by atoms with Crippen LogP contribution >= 0.6 is 0 Å². The fourth-order valence-electron chi connectivity index (χ4n) is 3.98. The third-order valence-corrected chi connectivity index (χ3v) is 5.93. The van der Waals surface area contributed by atoms with Gasteiger partial charge in [-0.1, -0.05) is 12.2 Å². The van der Waals surface area contributed by atoms with Gasteiger partial charge in [-0.15, -0.1) is 0 Å². The van der Waals surface area contributed by atoms with Crippen LogP contribution in [0.2, 0.25) is 0 Å². The van der Waals surface area contributed by atoms with Gasteiger partial charge >= 0.3 is 41.5 Å². The minimum absolute atomic E-state index is 0. The summed E-state index contributed by atoms with van der Waals surface area (Å²) in [6.45, 7) is 6.15. The second-order valence-electron chi connectivity index (χ2n) is 7.50. The summed E-state index contributed by atoms with van der Waals surface area (Å²) in [5, 5.41) is 0. The molecular formula is C19H21NaO9S. The maximum absolute atomic E-state index is 12.6. The number of carbonyl (C=O) groups excluding carboxylic acids is 3. The van der Waals surface area contributed by atoms with E-state index in [0.29, 0.717) is 29.6 Å². The van der Waals surface area contributed by atoms with Gasteiger partial charge in [0.15, 0.2) is 5.78 Å². The Bertz CT molecular complexity index is 947. The molecule has 1 saturated heterocycles. The molecule has 1 unspecified atom stereocenters. The summed E-state index contributed by atoms with van der Waals surface area (Å²) in [5.41, 5.74) is 2.34. The molecule has 0 saturated carbocycles. The molecular weight excluding hydrogens is 427 g/mol. The maximum Gasteiger partial charge on any atom is 1.00 e. The number of fused-ring (bicyclic) bond motifs is 3. The fourth-order valence-corrected chi connectivity index (χ4v) is 4.35. The Kier molecular flexibility index (Phi) is 7.87.